The van der Waals surface area contributed by atoms with Crippen LogP contribution in [0.5, 0.6) is 5.75 Å². The molecule has 0 unspecified atom stereocenters. The lowest BCUT2D eigenvalue weighted by molar-refractivity contribution is -0.385. The quantitative estimate of drug-likeness (QED) is 0.348. The minimum atomic E-state index is -0.863. The van der Waals surface area contributed by atoms with Crippen LogP contribution in [0.25, 0.3) is 0 Å². The molecule has 0 radical (unpaired) electrons. The Kier molecular flexibility index (Phi) is 5.40. The summed E-state index contributed by atoms with van der Waals surface area (Å²) in [5.74, 6) is 0.176. The van der Waals surface area contributed by atoms with Gasteiger partial charge in [0.25, 0.3) is 5.69 Å². The molecule has 1 aromatic rings. The summed E-state index contributed by atoms with van der Waals surface area (Å²) in [6.45, 7) is 13.7. The largest absolute Gasteiger partial charge is 0.513 e. The Bertz CT molecular complexity index is 609. The summed E-state index contributed by atoms with van der Waals surface area (Å²) in [6.07, 6.45) is -0.863. The fourth-order valence-corrected chi connectivity index (χ4v) is 2.39. The summed E-state index contributed by atoms with van der Waals surface area (Å²) >= 11 is 0. The van der Waals surface area contributed by atoms with Gasteiger partial charge in [-0.25, -0.2) is 4.79 Å². The summed E-state index contributed by atoms with van der Waals surface area (Å²) in [4.78, 5) is 22.5. The van der Waals surface area contributed by atoms with Crippen LogP contribution in [0.2, 0.25) is 0 Å². The average Bonchev–Trinajstić information content (AvgIpc) is 2.35. The monoisotopic (exact) mass is 323 g/mol. The van der Waals surface area contributed by atoms with E-state index in [1.165, 1.54) is 6.07 Å². The zero-order chi connectivity index (χ0) is 18.0. The SMILES string of the molecule is CCOC(=O)Oc1cc([N+](=O)[O-])cc(C(C)(C)C)c1C(C)(C)C. The van der Waals surface area contributed by atoms with Crippen molar-refractivity contribution < 1.29 is 19.2 Å². The molecule has 0 saturated heterocycles. The predicted molar refractivity (Wildman–Crippen MR) is 88.1 cm³/mol. The van der Waals surface area contributed by atoms with E-state index in [1.54, 1.807) is 13.0 Å². The first-order chi connectivity index (χ1) is 10.4. The van der Waals surface area contributed by atoms with Crippen LogP contribution in [0.1, 0.15) is 59.6 Å². The summed E-state index contributed by atoms with van der Waals surface area (Å²) in [7, 11) is 0. The van der Waals surface area contributed by atoms with Crippen molar-refractivity contribution in [2.75, 3.05) is 6.61 Å². The van der Waals surface area contributed by atoms with E-state index < -0.39 is 11.1 Å². The second kappa shape index (κ2) is 6.56. The molecule has 0 atom stereocenters. The van der Waals surface area contributed by atoms with Crippen LogP contribution in [-0.4, -0.2) is 17.7 Å². The van der Waals surface area contributed by atoms with Gasteiger partial charge in [0.2, 0.25) is 0 Å². The lowest BCUT2D eigenvalue weighted by atomic mass is 9.74. The molecule has 0 fully saturated rings. The van der Waals surface area contributed by atoms with Crippen molar-refractivity contribution in [1.82, 2.24) is 0 Å². The first-order valence-electron chi connectivity index (χ1n) is 7.56. The van der Waals surface area contributed by atoms with Gasteiger partial charge in [0, 0.05) is 11.6 Å². The van der Waals surface area contributed by atoms with Crippen molar-refractivity contribution >= 4 is 11.8 Å². The van der Waals surface area contributed by atoms with Crippen molar-refractivity contribution in [1.29, 1.82) is 0 Å². The molecule has 0 aliphatic carbocycles. The Balaban J connectivity index is 3.65. The van der Waals surface area contributed by atoms with E-state index in [9.17, 15) is 14.9 Å². The van der Waals surface area contributed by atoms with Gasteiger partial charge in [0.05, 0.1) is 17.6 Å². The van der Waals surface area contributed by atoms with Crippen molar-refractivity contribution in [3.05, 3.63) is 33.4 Å². The first kappa shape index (κ1) is 18.9. The lowest BCUT2D eigenvalue weighted by Gasteiger charge is -2.31. The Morgan fingerprint density at radius 2 is 1.70 bits per heavy atom. The number of nitro benzene ring substituents is 1. The highest BCUT2D eigenvalue weighted by Crippen LogP contribution is 2.42. The van der Waals surface area contributed by atoms with E-state index in [1.807, 2.05) is 41.5 Å². The van der Waals surface area contributed by atoms with Gasteiger partial charge in [-0.3, -0.25) is 10.1 Å². The van der Waals surface area contributed by atoms with E-state index in [0.29, 0.717) is 0 Å². The van der Waals surface area contributed by atoms with E-state index in [-0.39, 0.29) is 28.9 Å². The van der Waals surface area contributed by atoms with Gasteiger partial charge < -0.3 is 9.47 Å². The number of nitro groups is 1. The molecular weight excluding hydrogens is 298 g/mol. The molecule has 0 saturated carbocycles. The maximum absolute atomic E-state index is 11.7. The summed E-state index contributed by atoms with van der Waals surface area (Å²) in [6, 6.07) is 2.84. The van der Waals surface area contributed by atoms with Gasteiger partial charge in [-0.15, -0.1) is 0 Å². The van der Waals surface area contributed by atoms with Crippen LogP contribution in [0.4, 0.5) is 10.5 Å². The summed E-state index contributed by atoms with van der Waals surface area (Å²) < 4.78 is 10.1. The topological polar surface area (TPSA) is 78.7 Å². The molecule has 1 rings (SSSR count). The zero-order valence-electron chi connectivity index (χ0n) is 14.9. The third-order valence-corrected chi connectivity index (χ3v) is 3.31. The lowest BCUT2D eigenvalue weighted by Crippen LogP contribution is -2.24. The third kappa shape index (κ3) is 4.68. The van der Waals surface area contributed by atoms with Crippen LogP contribution >= 0.6 is 0 Å². The van der Waals surface area contributed by atoms with Crippen LogP contribution in [0.3, 0.4) is 0 Å². The standard InChI is InChI=1S/C17H25NO5/c1-8-22-15(19)23-13-10-11(18(20)21)9-12(16(2,3)4)14(13)17(5,6)7/h9-10H,8H2,1-7H3. The molecule has 0 N–H and O–H groups in total. The van der Waals surface area contributed by atoms with Gasteiger partial charge in [-0.05, 0) is 23.3 Å². The van der Waals surface area contributed by atoms with Crippen LogP contribution in [0, 0.1) is 10.1 Å². The molecule has 23 heavy (non-hydrogen) atoms. The molecule has 6 heteroatoms. The molecule has 0 aliphatic heterocycles. The smallest absolute Gasteiger partial charge is 0.434 e. The molecule has 6 nitrogen and oxygen atoms in total. The molecule has 0 heterocycles. The summed E-state index contributed by atoms with van der Waals surface area (Å²) in [5, 5.41) is 11.2. The Morgan fingerprint density at radius 1 is 1.13 bits per heavy atom. The Morgan fingerprint density at radius 3 is 2.09 bits per heavy atom. The van der Waals surface area contributed by atoms with Crippen molar-refractivity contribution in [3.63, 3.8) is 0 Å². The van der Waals surface area contributed by atoms with E-state index in [2.05, 4.69) is 0 Å². The highest BCUT2D eigenvalue weighted by molar-refractivity contribution is 5.67. The maximum Gasteiger partial charge on any atom is 0.513 e. The average molecular weight is 323 g/mol. The van der Waals surface area contributed by atoms with Crippen LogP contribution in [-0.2, 0) is 15.6 Å². The van der Waals surface area contributed by atoms with E-state index in [4.69, 9.17) is 9.47 Å². The second-order valence-corrected chi connectivity index (χ2v) is 7.41. The van der Waals surface area contributed by atoms with E-state index >= 15 is 0 Å². The number of hydrogen-bond acceptors (Lipinski definition) is 5. The zero-order valence-corrected chi connectivity index (χ0v) is 14.9. The van der Waals surface area contributed by atoms with Crippen LogP contribution in [0.15, 0.2) is 12.1 Å². The molecule has 0 spiro atoms. The predicted octanol–water partition coefficient (Wildman–Crippen LogP) is 4.73. The Hall–Kier alpha value is -2.11. The van der Waals surface area contributed by atoms with Gasteiger partial charge in [-0.1, -0.05) is 41.5 Å². The highest BCUT2D eigenvalue weighted by Gasteiger charge is 2.32. The number of ether oxygens (including phenoxy) is 2. The van der Waals surface area contributed by atoms with Gasteiger partial charge >= 0.3 is 6.16 Å². The van der Waals surface area contributed by atoms with Crippen molar-refractivity contribution in [3.8, 4) is 5.75 Å². The van der Waals surface area contributed by atoms with Gasteiger partial charge in [-0.2, -0.15) is 0 Å². The molecule has 0 amide bonds. The minimum Gasteiger partial charge on any atom is -0.434 e. The Labute approximate surface area is 136 Å². The van der Waals surface area contributed by atoms with E-state index in [0.717, 1.165) is 11.1 Å². The fourth-order valence-electron chi connectivity index (χ4n) is 2.39. The number of hydrogen-bond donors (Lipinski definition) is 0. The molecule has 0 aliphatic rings. The van der Waals surface area contributed by atoms with Crippen molar-refractivity contribution in [2.24, 2.45) is 0 Å². The number of carbonyl (C=O) groups excluding carboxylic acids is 1. The van der Waals surface area contributed by atoms with Crippen LogP contribution < -0.4 is 4.74 Å². The minimum absolute atomic E-state index is 0.109. The number of rotatable bonds is 3. The van der Waals surface area contributed by atoms with Crippen molar-refractivity contribution in [2.45, 2.75) is 59.3 Å². The number of carbonyl (C=O) groups is 1. The molecule has 1 aromatic carbocycles. The fraction of sp³-hybridized carbons (Fsp3) is 0.588. The summed E-state index contributed by atoms with van der Waals surface area (Å²) in [5.41, 5.74) is 0.727. The number of non-ortho nitro benzene ring substituents is 1. The molecule has 0 aromatic heterocycles. The number of benzene rings is 1. The molecular formula is C17H25NO5. The van der Waals surface area contributed by atoms with Gasteiger partial charge in [0.1, 0.15) is 5.75 Å². The molecule has 0 bridgehead atoms. The first-order valence-corrected chi connectivity index (χ1v) is 7.56. The van der Waals surface area contributed by atoms with Gasteiger partial charge in [0.15, 0.2) is 0 Å². The molecule has 128 valence electrons. The third-order valence-electron chi connectivity index (χ3n) is 3.31. The second-order valence-electron chi connectivity index (χ2n) is 7.41. The maximum atomic E-state index is 11.7. The normalized spacial score (nSPS) is 12.0. The highest BCUT2D eigenvalue weighted by atomic mass is 16.7. The number of nitrogens with zero attached hydrogens (tertiary/aromatic N) is 1.